The van der Waals surface area contributed by atoms with Crippen molar-refractivity contribution in [1.82, 2.24) is 14.8 Å². The highest BCUT2D eigenvalue weighted by atomic mass is 16.2. The molecule has 0 saturated carbocycles. The number of nitrogens with zero attached hydrogens (tertiary/aromatic N) is 4. The van der Waals surface area contributed by atoms with Crippen molar-refractivity contribution in [2.45, 2.75) is 33.7 Å². The van der Waals surface area contributed by atoms with E-state index in [0.29, 0.717) is 12.2 Å². The number of pyridine rings is 1. The van der Waals surface area contributed by atoms with E-state index in [9.17, 15) is 4.79 Å². The molecule has 2 rings (SSSR count). The normalized spacial score (nSPS) is 10.8. The Bertz CT molecular complexity index is 603. The third-order valence-electron chi connectivity index (χ3n) is 3.21. The molecular formula is C15H20N4O. The SMILES string of the molecule is CCN(C(=O)c1ccnn1C(C)C)c1cccnc1C. The lowest BCUT2D eigenvalue weighted by atomic mass is 10.2. The fourth-order valence-corrected chi connectivity index (χ4v) is 2.22. The summed E-state index contributed by atoms with van der Waals surface area (Å²) in [5, 5.41) is 4.22. The van der Waals surface area contributed by atoms with E-state index in [2.05, 4.69) is 10.1 Å². The Labute approximate surface area is 119 Å². The highest BCUT2D eigenvalue weighted by Gasteiger charge is 2.22. The van der Waals surface area contributed by atoms with Gasteiger partial charge in [0, 0.05) is 25.0 Å². The summed E-state index contributed by atoms with van der Waals surface area (Å²) in [5.41, 5.74) is 2.29. The summed E-state index contributed by atoms with van der Waals surface area (Å²) in [6.45, 7) is 8.48. The van der Waals surface area contributed by atoms with Crippen LogP contribution in [0.5, 0.6) is 0 Å². The van der Waals surface area contributed by atoms with Crippen LogP contribution in [0.1, 0.15) is 43.0 Å². The van der Waals surface area contributed by atoms with E-state index >= 15 is 0 Å². The third kappa shape index (κ3) is 2.57. The van der Waals surface area contributed by atoms with Gasteiger partial charge in [0.05, 0.1) is 11.4 Å². The lowest BCUT2D eigenvalue weighted by Gasteiger charge is -2.23. The molecule has 0 atom stereocenters. The zero-order valence-electron chi connectivity index (χ0n) is 12.4. The molecule has 2 aromatic rings. The van der Waals surface area contributed by atoms with Crippen molar-refractivity contribution in [2.24, 2.45) is 0 Å². The Balaban J connectivity index is 2.40. The summed E-state index contributed by atoms with van der Waals surface area (Å²) in [7, 11) is 0. The molecule has 0 radical (unpaired) electrons. The van der Waals surface area contributed by atoms with Gasteiger partial charge in [-0.2, -0.15) is 5.10 Å². The number of aryl methyl sites for hydroxylation is 1. The van der Waals surface area contributed by atoms with Crippen molar-refractivity contribution < 1.29 is 4.79 Å². The molecule has 0 fully saturated rings. The summed E-state index contributed by atoms with van der Waals surface area (Å²) < 4.78 is 1.75. The molecule has 0 saturated heterocycles. The van der Waals surface area contributed by atoms with Crippen LogP contribution < -0.4 is 4.90 Å². The highest BCUT2D eigenvalue weighted by molar-refractivity contribution is 6.05. The van der Waals surface area contributed by atoms with Crippen LogP contribution >= 0.6 is 0 Å². The lowest BCUT2D eigenvalue weighted by Crippen LogP contribution is -2.33. The molecule has 5 nitrogen and oxygen atoms in total. The number of rotatable bonds is 4. The number of amides is 1. The lowest BCUT2D eigenvalue weighted by molar-refractivity contribution is 0.0976. The molecule has 2 aromatic heterocycles. The molecule has 20 heavy (non-hydrogen) atoms. The van der Waals surface area contributed by atoms with Crippen LogP contribution in [-0.4, -0.2) is 27.2 Å². The Hall–Kier alpha value is -2.17. The molecule has 0 unspecified atom stereocenters. The van der Waals surface area contributed by atoms with Crippen LogP contribution in [0.2, 0.25) is 0 Å². The largest absolute Gasteiger partial charge is 0.306 e. The minimum absolute atomic E-state index is 0.0465. The van der Waals surface area contributed by atoms with Crippen LogP contribution in [0, 0.1) is 6.92 Å². The van der Waals surface area contributed by atoms with Crippen molar-refractivity contribution in [3.63, 3.8) is 0 Å². The fraction of sp³-hybridized carbons (Fsp3) is 0.400. The number of hydrogen-bond acceptors (Lipinski definition) is 3. The second-order valence-corrected chi connectivity index (χ2v) is 4.91. The van der Waals surface area contributed by atoms with Gasteiger partial charge in [-0.3, -0.25) is 14.5 Å². The molecule has 1 amide bonds. The Morgan fingerprint density at radius 3 is 2.70 bits per heavy atom. The smallest absolute Gasteiger partial charge is 0.276 e. The molecule has 0 bridgehead atoms. The standard InChI is InChI=1S/C15H20N4O/c1-5-18(13-7-6-9-16-12(13)4)15(20)14-8-10-17-19(14)11(2)3/h6-11H,5H2,1-4H3. The van der Waals surface area contributed by atoms with E-state index in [1.54, 1.807) is 28.0 Å². The predicted molar refractivity (Wildman–Crippen MR) is 78.9 cm³/mol. The first kappa shape index (κ1) is 14.2. The number of carbonyl (C=O) groups is 1. The second-order valence-electron chi connectivity index (χ2n) is 4.91. The first-order valence-electron chi connectivity index (χ1n) is 6.83. The highest BCUT2D eigenvalue weighted by Crippen LogP contribution is 2.20. The molecule has 0 N–H and O–H groups in total. The van der Waals surface area contributed by atoms with E-state index in [-0.39, 0.29) is 11.9 Å². The van der Waals surface area contributed by atoms with Crippen LogP contribution in [0.4, 0.5) is 5.69 Å². The molecule has 0 aromatic carbocycles. The van der Waals surface area contributed by atoms with Crippen LogP contribution in [-0.2, 0) is 0 Å². The molecule has 2 heterocycles. The van der Waals surface area contributed by atoms with Gasteiger partial charge in [-0.05, 0) is 45.9 Å². The second kappa shape index (κ2) is 5.86. The first-order valence-corrected chi connectivity index (χ1v) is 6.83. The molecule has 0 spiro atoms. The molecule has 106 valence electrons. The minimum atomic E-state index is -0.0465. The monoisotopic (exact) mass is 272 g/mol. The molecular weight excluding hydrogens is 252 g/mol. The Morgan fingerprint density at radius 1 is 1.35 bits per heavy atom. The summed E-state index contributed by atoms with van der Waals surface area (Å²) in [6, 6.07) is 5.67. The van der Waals surface area contributed by atoms with Crippen molar-refractivity contribution >= 4 is 11.6 Å². The maximum absolute atomic E-state index is 12.8. The van der Waals surface area contributed by atoms with Gasteiger partial charge >= 0.3 is 0 Å². The first-order chi connectivity index (χ1) is 9.56. The zero-order valence-corrected chi connectivity index (χ0v) is 12.4. The van der Waals surface area contributed by atoms with Gasteiger partial charge in [-0.25, -0.2) is 0 Å². The molecule has 0 aliphatic carbocycles. The quantitative estimate of drug-likeness (QED) is 0.860. The third-order valence-corrected chi connectivity index (χ3v) is 3.21. The maximum Gasteiger partial charge on any atom is 0.276 e. The van der Waals surface area contributed by atoms with Crippen molar-refractivity contribution in [2.75, 3.05) is 11.4 Å². The van der Waals surface area contributed by atoms with Gasteiger partial charge in [-0.15, -0.1) is 0 Å². The van der Waals surface area contributed by atoms with Crippen molar-refractivity contribution in [3.05, 3.63) is 42.0 Å². The van der Waals surface area contributed by atoms with E-state index in [4.69, 9.17) is 0 Å². The predicted octanol–water partition coefficient (Wildman–Crippen LogP) is 2.83. The maximum atomic E-state index is 12.8. The summed E-state index contributed by atoms with van der Waals surface area (Å²) in [4.78, 5) is 18.7. The zero-order chi connectivity index (χ0) is 14.7. The Morgan fingerprint density at radius 2 is 2.10 bits per heavy atom. The van der Waals surface area contributed by atoms with E-state index in [1.165, 1.54) is 0 Å². The van der Waals surface area contributed by atoms with Crippen molar-refractivity contribution in [3.8, 4) is 0 Å². The van der Waals surface area contributed by atoms with Gasteiger partial charge in [-0.1, -0.05) is 0 Å². The van der Waals surface area contributed by atoms with Gasteiger partial charge < -0.3 is 4.90 Å². The summed E-state index contributed by atoms with van der Waals surface area (Å²) >= 11 is 0. The topological polar surface area (TPSA) is 51.0 Å². The fourth-order valence-electron chi connectivity index (χ4n) is 2.22. The average Bonchev–Trinajstić information content (AvgIpc) is 2.91. The van der Waals surface area contributed by atoms with Gasteiger partial charge in [0.1, 0.15) is 5.69 Å². The minimum Gasteiger partial charge on any atom is -0.306 e. The van der Waals surface area contributed by atoms with Crippen LogP contribution in [0.3, 0.4) is 0 Å². The average molecular weight is 272 g/mol. The Kier molecular flexibility index (Phi) is 4.17. The van der Waals surface area contributed by atoms with Crippen LogP contribution in [0.15, 0.2) is 30.6 Å². The van der Waals surface area contributed by atoms with Crippen LogP contribution in [0.25, 0.3) is 0 Å². The molecule has 0 aliphatic rings. The number of anilines is 1. The van der Waals surface area contributed by atoms with Crippen molar-refractivity contribution in [1.29, 1.82) is 0 Å². The number of hydrogen-bond donors (Lipinski definition) is 0. The summed E-state index contributed by atoms with van der Waals surface area (Å²) in [5.74, 6) is -0.0465. The number of aromatic nitrogens is 3. The number of carbonyl (C=O) groups excluding carboxylic acids is 1. The van der Waals surface area contributed by atoms with Gasteiger partial charge in [0.25, 0.3) is 5.91 Å². The van der Waals surface area contributed by atoms with E-state index in [1.807, 2.05) is 39.8 Å². The van der Waals surface area contributed by atoms with Gasteiger partial charge in [0.2, 0.25) is 0 Å². The van der Waals surface area contributed by atoms with E-state index < -0.39 is 0 Å². The molecule has 5 heteroatoms. The van der Waals surface area contributed by atoms with E-state index in [0.717, 1.165) is 11.4 Å². The van der Waals surface area contributed by atoms with Gasteiger partial charge in [0.15, 0.2) is 0 Å². The molecule has 0 aliphatic heterocycles. The summed E-state index contributed by atoms with van der Waals surface area (Å²) in [6.07, 6.45) is 3.40.